The summed E-state index contributed by atoms with van der Waals surface area (Å²) in [7, 11) is 0. The van der Waals surface area contributed by atoms with E-state index in [2.05, 4.69) is 9.97 Å². The SMILES string of the molecule is Cc1c(N)nc(CSc2ccc(F)cc2)[nH]c1=O. The first-order valence-corrected chi connectivity index (χ1v) is 6.28. The van der Waals surface area contributed by atoms with Crippen molar-refractivity contribution >= 4 is 17.6 Å². The number of nitrogen functional groups attached to an aromatic ring is 1. The molecule has 1 aromatic heterocycles. The molecule has 0 saturated heterocycles. The highest BCUT2D eigenvalue weighted by molar-refractivity contribution is 7.98. The van der Waals surface area contributed by atoms with E-state index in [1.807, 2.05) is 0 Å². The van der Waals surface area contributed by atoms with Gasteiger partial charge in [0.2, 0.25) is 0 Å². The van der Waals surface area contributed by atoms with Crippen molar-refractivity contribution in [3.8, 4) is 0 Å². The number of thioether (sulfide) groups is 1. The minimum absolute atomic E-state index is 0.225. The standard InChI is InChI=1S/C12H12FN3OS/c1-7-11(14)15-10(16-12(7)17)6-18-9-4-2-8(13)3-5-9/h2-5H,6H2,1H3,(H3,14,15,16,17). The van der Waals surface area contributed by atoms with Gasteiger partial charge in [-0.2, -0.15) is 0 Å². The Kier molecular flexibility index (Phi) is 3.66. The summed E-state index contributed by atoms with van der Waals surface area (Å²) < 4.78 is 12.7. The van der Waals surface area contributed by atoms with Crippen molar-refractivity contribution < 1.29 is 4.39 Å². The highest BCUT2D eigenvalue weighted by Gasteiger charge is 2.05. The van der Waals surface area contributed by atoms with Crippen LogP contribution in [0.3, 0.4) is 0 Å². The van der Waals surface area contributed by atoms with Gasteiger partial charge in [0.1, 0.15) is 17.5 Å². The number of hydrogen-bond donors (Lipinski definition) is 2. The number of benzene rings is 1. The Hall–Kier alpha value is -1.82. The van der Waals surface area contributed by atoms with Gasteiger partial charge in [-0.05, 0) is 31.2 Å². The normalized spacial score (nSPS) is 10.6. The smallest absolute Gasteiger partial charge is 0.255 e. The van der Waals surface area contributed by atoms with Crippen molar-refractivity contribution in [1.82, 2.24) is 9.97 Å². The predicted octanol–water partition coefficient (Wildman–Crippen LogP) is 2.09. The van der Waals surface area contributed by atoms with E-state index >= 15 is 0 Å². The van der Waals surface area contributed by atoms with E-state index in [1.54, 1.807) is 19.1 Å². The summed E-state index contributed by atoms with van der Waals surface area (Å²) in [6.07, 6.45) is 0. The topological polar surface area (TPSA) is 71.8 Å². The van der Waals surface area contributed by atoms with Crippen LogP contribution in [0.1, 0.15) is 11.4 Å². The van der Waals surface area contributed by atoms with Crippen molar-refractivity contribution in [2.45, 2.75) is 17.6 Å². The highest BCUT2D eigenvalue weighted by atomic mass is 32.2. The molecule has 0 bridgehead atoms. The fraction of sp³-hybridized carbons (Fsp3) is 0.167. The van der Waals surface area contributed by atoms with Crippen LogP contribution in [0.15, 0.2) is 34.0 Å². The number of H-pyrrole nitrogens is 1. The first-order valence-electron chi connectivity index (χ1n) is 5.30. The lowest BCUT2D eigenvalue weighted by atomic mass is 10.3. The third-order valence-corrected chi connectivity index (χ3v) is 3.45. The van der Waals surface area contributed by atoms with E-state index in [1.165, 1.54) is 23.9 Å². The van der Waals surface area contributed by atoms with E-state index < -0.39 is 0 Å². The number of halogens is 1. The first kappa shape index (κ1) is 12.6. The van der Waals surface area contributed by atoms with Gasteiger partial charge in [0.05, 0.1) is 11.3 Å². The molecule has 18 heavy (non-hydrogen) atoms. The number of nitrogens with two attached hydrogens (primary N) is 1. The number of aromatic nitrogens is 2. The second-order valence-electron chi connectivity index (χ2n) is 3.77. The Bertz CT molecular complexity index is 610. The van der Waals surface area contributed by atoms with E-state index in [4.69, 9.17) is 5.73 Å². The molecule has 0 radical (unpaired) electrons. The zero-order valence-corrected chi connectivity index (χ0v) is 10.6. The molecular formula is C12H12FN3OS. The Morgan fingerprint density at radius 2 is 2.06 bits per heavy atom. The molecule has 2 aromatic rings. The Morgan fingerprint density at radius 3 is 2.67 bits per heavy atom. The van der Waals surface area contributed by atoms with Crippen LogP contribution < -0.4 is 11.3 Å². The Balaban J connectivity index is 2.11. The molecule has 6 heteroatoms. The quantitative estimate of drug-likeness (QED) is 0.834. The lowest BCUT2D eigenvalue weighted by Gasteiger charge is -2.04. The lowest BCUT2D eigenvalue weighted by molar-refractivity contribution is 0.626. The molecule has 0 atom stereocenters. The summed E-state index contributed by atoms with van der Waals surface area (Å²) in [6, 6.07) is 6.13. The number of hydrogen-bond acceptors (Lipinski definition) is 4. The number of anilines is 1. The molecule has 0 amide bonds. The first-order chi connectivity index (χ1) is 8.56. The summed E-state index contributed by atoms with van der Waals surface area (Å²) in [5.74, 6) is 0.960. The van der Waals surface area contributed by atoms with Crippen LogP contribution >= 0.6 is 11.8 Å². The van der Waals surface area contributed by atoms with Gasteiger partial charge in [0, 0.05) is 4.90 Å². The highest BCUT2D eigenvalue weighted by Crippen LogP contribution is 2.21. The molecule has 94 valence electrons. The Morgan fingerprint density at radius 1 is 1.39 bits per heavy atom. The van der Waals surface area contributed by atoms with Crippen molar-refractivity contribution in [2.75, 3.05) is 5.73 Å². The van der Waals surface area contributed by atoms with Crippen molar-refractivity contribution in [1.29, 1.82) is 0 Å². The minimum Gasteiger partial charge on any atom is -0.383 e. The lowest BCUT2D eigenvalue weighted by Crippen LogP contribution is -2.16. The molecule has 0 aliphatic heterocycles. The molecule has 0 fully saturated rings. The zero-order valence-electron chi connectivity index (χ0n) is 9.74. The summed E-state index contributed by atoms with van der Waals surface area (Å²) in [4.78, 5) is 19.1. The number of nitrogens with one attached hydrogen (secondary N) is 1. The van der Waals surface area contributed by atoms with Crippen LogP contribution in [-0.4, -0.2) is 9.97 Å². The summed E-state index contributed by atoms with van der Waals surface area (Å²) in [5.41, 5.74) is 5.82. The average molecular weight is 265 g/mol. The fourth-order valence-corrected chi connectivity index (χ4v) is 2.12. The van der Waals surface area contributed by atoms with E-state index in [0.29, 0.717) is 17.1 Å². The van der Waals surface area contributed by atoms with Crippen LogP contribution in [-0.2, 0) is 5.75 Å². The molecule has 2 rings (SSSR count). The molecule has 0 aliphatic rings. The van der Waals surface area contributed by atoms with Crippen molar-refractivity contribution in [3.63, 3.8) is 0 Å². The largest absolute Gasteiger partial charge is 0.383 e. The molecule has 1 heterocycles. The summed E-state index contributed by atoms with van der Waals surface area (Å²) >= 11 is 1.45. The monoisotopic (exact) mass is 265 g/mol. The van der Waals surface area contributed by atoms with Gasteiger partial charge in [-0.1, -0.05) is 0 Å². The van der Waals surface area contributed by atoms with Crippen LogP contribution in [0.25, 0.3) is 0 Å². The van der Waals surface area contributed by atoms with E-state index in [-0.39, 0.29) is 17.2 Å². The molecule has 1 aromatic carbocycles. The van der Waals surface area contributed by atoms with Crippen LogP contribution in [0.2, 0.25) is 0 Å². The minimum atomic E-state index is -0.273. The maximum Gasteiger partial charge on any atom is 0.255 e. The molecule has 4 nitrogen and oxygen atoms in total. The third kappa shape index (κ3) is 2.89. The van der Waals surface area contributed by atoms with Gasteiger partial charge in [0.15, 0.2) is 0 Å². The fourth-order valence-electron chi connectivity index (χ4n) is 1.35. The van der Waals surface area contributed by atoms with Gasteiger partial charge in [0.25, 0.3) is 5.56 Å². The summed E-state index contributed by atoms with van der Waals surface area (Å²) in [6.45, 7) is 1.62. The molecule has 0 spiro atoms. The number of rotatable bonds is 3. The van der Waals surface area contributed by atoms with Gasteiger partial charge in [-0.25, -0.2) is 9.37 Å². The Labute approximate surface area is 107 Å². The van der Waals surface area contributed by atoms with E-state index in [0.717, 1.165) is 4.90 Å². The number of nitrogens with zero attached hydrogens (tertiary/aromatic N) is 1. The maximum atomic E-state index is 12.7. The van der Waals surface area contributed by atoms with Crippen molar-refractivity contribution in [2.24, 2.45) is 0 Å². The van der Waals surface area contributed by atoms with Crippen molar-refractivity contribution in [3.05, 3.63) is 51.8 Å². The molecular weight excluding hydrogens is 253 g/mol. The van der Waals surface area contributed by atoms with Crippen LogP contribution in [0.5, 0.6) is 0 Å². The molecule has 0 saturated carbocycles. The van der Waals surface area contributed by atoms with Gasteiger partial charge in [-0.3, -0.25) is 4.79 Å². The van der Waals surface area contributed by atoms with Gasteiger partial charge >= 0.3 is 0 Å². The summed E-state index contributed by atoms with van der Waals surface area (Å²) in [5, 5.41) is 0. The average Bonchev–Trinajstić information content (AvgIpc) is 2.35. The number of aromatic amines is 1. The maximum absolute atomic E-state index is 12.7. The van der Waals surface area contributed by atoms with Crippen LogP contribution in [0, 0.1) is 12.7 Å². The van der Waals surface area contributed by atoms with Crippen LogP contribution in [0.4, 0.5) is 10.2 Å². The van der Waals surface area contributed by atoms with Gasteiger partial charge < -0.3 is 10.7 Å². The third-order valence-electron chi connectivity index (χ3n) is 2.43. The second kappa shape index (κ2) is 5.22. The molecule has 0 aliphatic carbocycles. The molecule has 3 N–H and O–H groups in total. The predicted molar refractivity (Wildman–Crippen MR) is 70.0 cm³/mol. The second-order valence-corrected chi connectivity index (χ2v) is 4.81. The van der Waals surface area contributed by atoms with Gasteiger partial charge in [-0.15, -0.1) is 11.8 Å². The zero-order chi connectivity index (χ0) is 13.1. The molecule has 0 unspecified atom stereocenters. The van der Waals surface area contributed by atoms with E-state index in [9.17, 15) is 9.18 Å².